The van der Waals surface area contributed by atoms with Crippen molar-refractivity contribution in [2.45, 2.75) is 0 Å². The minimum atomic E-state index is -4.61. The molecule has 0 aliphatic rings. The van der Waals surface area contributed by atoms with Crippen LogP contribution in [-0.2, 0) is 17.1 Å². The second-order valence-corrected chi connectivity index (χ2v) is 1.80. The predicted molar refractivity (Wildman–Crippen MR) is 29.3 cm³/mol. The molecule has 0 saturated heterocycles. The Labute approximate surface area is 119 Å². The maximum atomic E-state index is 7.33. The molecule has 0 fully saturated rings. The molecule has 0 aromatic heterocycles. The molecule has 0 heterocycles. The van der Waals surface area contributed by atoms with Gasteiger partial charge in [0.1, 0.15) is 0 Å². The van der Waals surface area contributed by atoms with E-state index in [0.29, 0.717) is 0 Å². The molecule has 0 aliphatic carbocycles. The summed E-state index contributed by atoms with van der Waals surface area (Å²) in [5.74, 6) is 0. The van der Waals surface area contributed by atoms with Gasteiger partial charge in [-0.2, -0.15) is 0 Å². The van der Waals surface area contributed by atoms with Crippen LogP contribution >= 0.6 is 0 Å². The van der Waals surface area contributed by atoms with Gasteiger partial charge in [0, 0.05) is 17.1 Å². The third-order valence-corrected chi connectivity index (χ3v) is 0. The van der Waals surface area contributed by atoms with Crippen molar-refractivity contribution in [2.24, 2.45) is 0 Å². The quantitative estimate of drug-likeness (QED) is 0.314. The zero-order valence-corrected chi connectivity index (χ0v) is 9.47. The normalized spacial score (nSPS) is 6.67. The average molecular weight is 239 g/mol. The SMILES string of the molecule is O.O[Si](O)(O)O.[AlH3].[H-].[K+].[Mn]. The van der Waals surface area contributed by atoms with Gasteiger partial charge in [0.2, 0.25) is 0 Å². The van der Waals surface area contributed by atoms with Gasteiger partial charge in [-0.15, -0.1) is 0 Å². The average Bonchev–Trinajstić information content (AvgIpc) is 0.722. The summed E-state index contributed by atoms with van der Waals surface area (Å²) in [6.45, 7) is 0. The van der Waals surface area contributed by atoms with E-state index in [-0.39, 0.29) is 92.7 Å². The molecule has 0 aliphatic heterocycles. The van der Waals surface area contributed by atoms with Crippen LogP contribution in [0.25, 0.3) is 0 Å². The first-order valence-electron chi connectivity index (χ1n) is 0.894. The van der Waals surface area contributed by atoms with Crippen molar-refractivity contribution in [1.29, 1.82) is 0 Å². The summed E-state index contributed by atoms with van der Waals surface area (Å²) in [7, 11) is -4.61. The zero-order chi connectivity index (χ0) is 4.50. The van der Waals surface area contributed by atoms with E-state index < -0.39 is 9.05 Å². The molecule has 9 heteroatoms. The fraction of sp³-hybridized carbons (Fsp3) is 0. The first kappa shape index (κ1) is 29.8. The molecule has 0 spiro atoms. The molecule has 0 bridgehead atoms. The Bertz CT molecular complexity index is 37.1. The second kappa shape index (κ2) is 13.3. The van der Waals surface area contributed by atoms with E-state index in [0.717, 1.165) is 0 Å². The van der Waals surface area contributed by atoms with Gasteiger partial charge in [-0.1, -0.05) is 0 Å². The van der Waals surface area contributed by atoms with Crippen molar-refractivity contribution in [1.82, 2.24) is 0 Å². The van der Waals surface area contributed by atoms with Gasteiger partial charge in [0.15, 0.2) is 17.4 Å². The van der Waals surface area contributed by atoms with Crippen molar-refractivity contribution in [3.8, 4) is 0 Å². The van der Waals surface area contributed by atoms with E-state index >= 15 is 0 Å². The standard InChI is InChI=1S/Al.K.Mn.H4O4Si.H2O.4H/c;;;1-5(2,3)4;;;;;/h;;;1-4H;1H2;;;;/q;+1;;;;;;;-1. The maximum Gasteiger partial charge on any atom is 1.00 e. The number of hydrogen-bond acceptors (Lipinski definition) is 4. The smallest absolute Gasteiger partial charge is 1.00 e. The summed E-state index contributed by atoms with van der Waals surface area (Å²) < 4.78 is 0. The van der Waals surface area contributed by atoms with Gasteiger partial charge >= 0.3 is 60.4 Å². The van der Waals surface area contributed by atoms with E-state index in [4.69, 9.17) is 19.2 Å². The molecule has 0 saturated carbocycles. The van der Waals surface area contributed by atoms with E-state index in [2.05, 4.69) is 0 Å². The van der Waals surface area contributed by atoms with E-state index in [9.17, 15) is 0 Å². The van der Waals surface area contributed by atoms with Crippen LogP contribution < -0.4 is 51.4 Å². The molecule has 1 radical (unpaired) electrons. The van der Waals surface area contributed by atoms with E-state index in [1.54, 1.807) is 0 Å². The summed E-state index contributed by atoms with van der Waals surface area (Å²) >= 11 is 0. The van der Waals surface area contributed by atoms with Crippen LogP contribution in [0.3, 0.4) is 0 Å². The van der Waals surface area contributed by atoms with Crippen molar-refractivity contribution < 1.29 is 94.5 Å². The third kappa shape index (κ3) is 111. The third-order valence-electron chi connectivity index (χ3n) is 0. The van der Waals surface area contributed by atoms with Gasteiger partial charge in [0.05, 0.1) is 0 Å². The van der Waals surface area contributed by atoms with Crippen molar-refractivity contribution in [3.63, 3.8) is 0 Å². The Kier molecular flexibility index (Phi) is 44.1. The summed E-state index contributed by atoms with van der Waals surface area (Å²) in [6.07, 6.45) is 0. The Balaban J connectivity index is -0.00000000800. The first-order chi connectivity index (χ1) is 2.00. The predicted octanol–water partition coefficient (Wildman–Crippen LogP) is -7.50. The molecule has 0 rings (SSSR count). The van der Waals surface area contributed by atoms with Crippen molar-refractivity contribution in [3.05, 3.63) is 0 Å². The van der Waals surface area contributed by atoms with Crippen LogP contribution in [0.4, 0.5) is 0 Å². The van der Waals surface area contributed by atoms with Crippen LogP contribution in [0.1, 0.15) is 1.43 Å². The van der Waals surface area contributed by atoms with Gasteiger partial charge in [-0.05, 0) is 0 Å². The van der Waals surface area contributed by atoms with Gasteiger partial charge in [-0.3, -0.25) is 0 Å². The van der Waals surface area contributed by atoms with E-state index in [1.807, 2.05) is 0 Å². The topological polar surface area (TPSA) is 112 Å². The summed E-state index contributed by atoms with van der Waals surface area (Å²) in [5.41, 5.74) is 0. The minimum Gasteiger partial charge on any atom is -1.00 e. The zero-order valence-electron chi connectivity index (χ0n) is 5.17. The molecule has 0 unspecified atom stereocenters. The summed E-state index contributed by atoms with van der Waals surface area (Å²) in [6, 6.07) is 0. The van der Waals surface area contributed by atoms with Gasteiger partial charge in [0.25, 0.3) is 0 Å². The van der Waals surface area contributed by atoms with E-state index in [1.165, 1.54) is 0 Å². The van der Waals surface area contributed by atoms with Crippen molar-refractivity contribution in [2.75, 3.05) is 0 Å². The molecule has 5 nitrogen and oxygen atoms in total. The molecule has 6 N–H and O–H groups in total. The largest absolute Gasteiger partial charge is 1.00 e. The summed E-state index contributed by atoms with van der Waals surface area (Å²) in [5, 5.41) is 0. The molecule has 0 atom stereocenters. The van der Waals surface area contributed by atoms with Crippen molar-refractivity contribution >= 4 is 26.4 Å². The molecule has 0 aromatic carbocycles. The fourth-order valence-corrected chi connectivity index (χ4v) is 0. The Morgan fingerprint density at radius 2 is 1.00 bits per heavy atom. The number of rotatable bonds is 0. The van der Waals surface area contributed by atoms with Gasteiger partial charge < -0.3 is 26.1 Å². The molecule has 9 heavy (non-hydrogen) atoms. The monoisotopic (exact) mass is 239 g/mol. The Morgan fingerprint density at radius 1 is 1.00 bits per heavy atom. The Morgan fingerprint density at radius 3 is 1.00 bits per heavy atom. The molecule has 0 aromatic rings. The minimum absolute atomic E-state index is 0. The van der Waals surface area contributed by atoms with Crippen LogP contribution in [-0.4, -0.2) is 51.1 Å². The summed E-state index contributed by atoms with van der Waals surface area (Å²) in [4.78, 5) is 29.3. The Hall–Kier alpha value is 2.71. The van der Waals surface area contributed by atoms with Gasteiger partial charge in [-0.25, -0.2) is 0 Å². The molecule has 55 valence electrons. The van der Waals surface area contributed by atoms with Crippen LogP contribution in [0, 0.1) is 0 Å². The van der Waals surface area contributed by atoms with Crippen LogP contribution in [0.15, 0.2) is 0 Å². The van der Waals surface area contributed by atoms with Crippen LogP contribution in [0.2, 0.25) is 0 Å². The maximum absolute atomic E-state index is 7.33. The molecular formula is H10AlKMnO5Si. The van der Waals surface area contributed by atoms with Crippen LogP contribution in [0.5, 0.6) is 0 Å². The molecular weight excluding hydrogens is 229 g/mol. The fourth-order valence-electron chi connectivity index (χ4n) is 0. The first-order valence-corrected chi connectivity index (χ1v) is 2.68. The molecule has 0 amide bonds. The second-order valence-electron chi connectivity index (χ2n) is 0.600. The number of hydrogen-bond donors (Lipinski definition) is 4.